The molecule has 0 radical (unpaired) electrons. The van der Waals surface area contributed by atoms with E-state index < -0.39 is 23.8 Å². The van der Waals surface area contributed by atoms with Crippen LogP contribution in [-0.2, 0) is 25.7 Å². The lowest BCUT2D eigenvalue weighted by Crippen LogP contribution is -2.38. The fraction of sp³-hybridized carbons (Fsp3) is 0.294. The average Bonchev–Trinajstić information content (AvgIpc) is 2.99. The van der Waals surface area contributed by atoms with Crippen molar-refractivity contribution in [1.29, 1.82) is 0 Å². The molecular formula is C34H33NO7. The van der Waals surface area contributed by atoms with Crippen LogP contribution in [0.15, 0.2) is 89.1 Å². The summed E-state index contributed by atoms with van der Waals surface area (Å²) in [6.07, 6.45) is 0.834. The molecule has 1 heterocycles. The minimum atomic E-state index is -0.821. The molecule has 0 aromatic heterocycles. The fourth-order valence-corrected chi connectivity index (χ4v) is 5.77. The molecule has 3 atom stereocenters. The molecule has 1 aliphatic heterocycles. The zero-order valence-electron chi connectivity index (χ0n) is 24.1. The molecule has 0 saturated carbocycles. The van der Waals surface area contributed by atoms with Crippen molar-refractivity contribution in [2.45, 2.75) is 45.1 Å². The van der Waals surface area contributed by atoms with Gasteiger partial charge in [0.05, 0.1) is 14.2 Å². The first kappa shape index (κ1) is 28.8. The van der Waals surface area contributed by atoms with Crippen molar-refractivity contribution in [1.82, 2.24) is 0 Å². The zero-order chi connectivity index (χ0) is 29.8. The average molecular weight is 568 g/mol. The number of Topliss-reactive ketones (excluding diaryl/α,β-unsaturated/α-hetero) is 1. The van der Waals surface area contributed by atoms with Crippen LogP contribution in [0.2, 0.25) is 0 Å². The molecule has 42 heavy (non-hydrogen) atoms. The summed E-state index contributed by atoms with van der Waals surface area (Å²) < 4.78 is 21.9. The standard InChI is InChI=1S/C34H33NO7/c1-20-31(34(38)41-19-22-8-6-5-7-9-22)32(24-12-15-29(42-21(2)36)30(18-24)40-4)33-27(35-20)16-25(17-28(33)37)23-10-13-26(39-3)14-11-23/h5-15,18,25,31-32H,16-17,19H2,1-4H3/t25-,31?,32-/m0/s1. The van der Waals surface area contributed by atoms with E-state index in [0.717, 1.165) is 16.9 Å². The van der Waals surface area contributed by atoms with Gasteiger partial charge >= 0.3 is 11.9 Å². The molecule has 8 heteroatoms. The number of hydrogen-bond acceptors (Lipinski definition) is 8. The van der Waals surface area contributed by atoms with Gasteiger partial charge in [0.15, 0.2) is 17.3 Å². The van der Waals surface area contributed by atoms with Gasteiger partial charge in [-0.1, -0.05) is 48.5 Å². The second-order valence-electron chi connectivity index (χ2n) is 10.5. The summed E-state index contributed by atoms with van der Waals surface area (Å²) in [6.45, 7) is 3.21. The highest BCUT2D eigenvalue weighted by Gasteiger charge is 2.45. The predicted octanol–water partition coefficient (Wildman–Crippen LogP) is 5.95. The Labute approximate surface area is 245 Å². The molecule has 0 saturated heterocycles. The second kappa shape index (κ2) is 12.4. The number of allylic oxidation sites excluding steroid dienone is 2. The molecule has 2 aliphatic rings. The summed E-state index contributed by atoms with van der Waals surface area (Å²) in [5.41, 5.74) is 4.30. The Morgan fingerprint density at radius 3 is 2.26 bits per heavy atom. The highest BCUT2D eigenvalue weighted by Crippen LogP contribution is 2.48. The van der Waals surface area contributed by atoms with Gasteiger partial charge in [-0.05, 0) is 60.2 Å². The Morgan fingerprint density at radius 2 is 1.60 bits per heavy atom. The maximum atomic E-state index is 13.9. The van der Waals surface area contributed by atoms with E-state index in [-0.39, 0.29) is 30.5 Å². The molecule has 0 bridgehead atoms. The number of carbonyl (C=O) groups excluding carboxylic acids is 3. The van der Waals surface area contributed by atoms with Crippen molar-refractivity contribution in [3.8, 4) is 17.2 Å². The normalized spacial score (nSPS) is 19.9. The number of ketones is 1. The molecule has 0 fully saturated rings. The van der Waals surface area contributed by atoms with Gasteiger partial charge in [-0.2, -0.15) is 0 Å². The van der Waals surface area contributed by atoms with Gasteiger partial charge in [0.2, 0.25) is 0 Å². The predicted molar refractivity (Wildman–Crippen MR) is 157 cm³/mol. The Kier molecular flexibility index (Phi) is 8.52. The Morgan fingerprint density at radius 1 is 0.881 bits per heavy atom. The lowest BCUT2D eigenvalue weighted by molar-refractivity contribution is -0.148. The molecule has 8 nitrogen and oxygen atoms in total. The van der Waals surface area contributed by atoms with E-state index in [9.17, 15) is 14.4 Å². The van der Waals surface area contributed by atoms with Gasteiger partial charge in [-0.15, -0.1) is 0 Å². The topological polar surface area (TPSA) is 100 Å². The van der Waals surface area contributed by atoms with Gasteiger partial charge < -0.3 is 18.9 Å². The Bertz CT molecular complexity index is 1560. The van der Waals surface area contributed by atoms with Gasteiger partial charge in [0.1, 0.15) is 18.3 Å². The summed E-state index contributed by atoms with van der Waals surface area (Å²) in [6, 6.07) is 22.2. The van der Waals surface area contributed by atoms with E-state index in [1.807, 2.05) is 54.6 Å². The van der Waals surface area contributed by atoms with E-state index in [1.165, 1.54) is 14.0 Å². The molecule has 0 amide bonds. The third kappa shape index (κ3) is 5.98. The fourth-order valence-electron chi connectivity index (χ4n) is 5.77. The molecule has 5 rings (SSSR count). The molecule has 1 aliphatic carbocycles. The first-order valence-corrected chi connectivity index (χ1v) is 13.8. The van der Waals surface area contributed by atoms with E-state index in [2.05, 4.69) is 0 Å². The van der Waals surface area contributed by atoms with Crippen LogP contribution >= 0.6 is 0 Å². The zero-order valence-corrected chi connectivity index (χ0v) is 24.1. The lowest BCUT2D eigenvalue weighted by atomic mass is 9.69. The van der Waals surface area contributed by atoms with Crippen LogP contribution in [0.5, 0.6) is 17.2 Å². The Balaban J connectivity index is 1.54. The largest absolute Gasteiger partial charge is 0.497 e. The third-order valence-electron chi connectivity index (χ3n) is 7.75. The van der Waals surface area contributed by atoms with Crippen LogP contribution in [0.3, 0.4) is 0 Å². The van der Waals surface area contributed by atoms with Crippen molar-refractivity contribution in [3.05, 3.63) is 101 Å². The molecule has 1 unspecified atom stereocenters. The Hall–Kier alpha value is -4.72. The molecular weight excluding hydrogens is 534 g/mol. The minimum Gasteiger partial charge on any atom is -0.497 e. The van der Waals surface area contributed by atoms with Gasteiger partial charge in [0.25, 0.3) is 0 Å². The first-order chi connectivity index (χ1) is 20.3. The number of carbonyl (C=O) groups is 3. The summed E-state index contributed by atoms with van der Waals surface area (Å²) in [4.78, 5) is 44.1. The van der Waals surface area contributed by atoms with Crippen LogP contribution in [-0.4, -0.2) is 37.7 Å². The van der Waals surface area contributed by atoms with Crippen molar-refractivity contribution in [3.63, 3.8) is 0 Å². The minimum absolute atomic E-state index is 0.0539. The van der Waals surface area contributed by atoms with Crippen molar-refractivity contribution in [2.24, 2.45) is 10.9 Å². The number of hydrogen-bond donors (Lipinski definition) is 0. The van der Waals surface area contributed by atoms with Gasteiger partial charge in [0, 0.05) is 36.2 Å². The van der Waals surface area contributed by atoms with Gasteiger partial charge in [-0.3, -0.25) is 19.4 Å². The molecule has 0 N–H and O–H groups in total. The highest BCUT2D eigenvalue weighted by atomic mass is 16.6. The summed E-state index contributed by atoms with van der Waals surface area (Å²) in [5.74, 6) is -1.23. The summed E-state index contributed by atoms with van der Waals surface area (Å²) in [7, 11) is 3.09. The highest BCUT2D eigenvalue weighted by molar-refractivity contribution is 6.09. The van der Waals surface area contributed by atoms with Crippen LogP contribution in [0.1, 0.15) is 55.2 Å². The number of rotatable bonds is 8. The van der Waals surface area contributed by atoms with E-state index in [0.29, 0.717) is 34.7 Å². The molecule has 216 valence electrons. The molecule has 3 aromatic rings. The lowest BCUT2D eigenvalue weighted by Gasteiger charge is -2.36. The number of methoxy groups -OCH3 is 2. The number of aliphatic imine (C=N–C) groups is 1. The van der Waals surface area contributed by atoms with Crippen molar-refractivity contribution < 1.29 is 33.3 Å². The first-order valence-electron chi connectivity index (χ1n) is 13.8. The SMILES string of the molecule is COc1ccc([C@@H]2CC(=O)C3=C(C2)N=C(C)C(C(=O)OCc2ccccc2)[C@@H]3c2ccc(OC(C)=O)c(OC)c2)cc1. The summed E-state index contributed by atoms with van der Waals surface area (Å²) >= 11 is 0. The van der Waals surface area contributed by atoms with E-state index in [4.69, 9.17) is 23.9 Å². The maximum absolute atomic E-state index is 13.9. The molecule has 0 spiro atoms. The number of esters is 2. The second-order valence-corrected chi connectivity index (χ2v) is 10.5. The van der Waals surface area contributed by atoms with Crippen LogP contribution in [0.25, 0.3) is 0 Å². The number of nitrogens with zero attached hydrogens (tertiary/aromatic N) is 1. The van der Waals surface area contributed by atoms with Crippen molar-refractivity contribution in [2.75, 3.05) is 14.2 Å². The number of ether oxygens (including phenoxy) is 4. The van der Waals surface area contributed by atoms with E-state index >= 15 is 0 Å². The monoisotopic (exact) mass is 567 g/mol. The molecule has 3 aromatic carbocycles. The summed E-state index contributed by atoms with van der Waals surface area (Å²) in [5, 5.41) is 0. The van der Waals surface area contributed by atoms with Gasteiger partial charge in [-0.25, -0.2) is 0 Å². The van der Waals surface area contributed by atoms with Crippen molar-refractivity contribution >= 4 is 23.4 Å². The maximum Gasteiger partial charge on any atom is 0.315 e. The smallest absolute Gasteiger partial charge is 0.315 e. The van der Waals surface area contributed by atoms with E-state index in [1.54, 1.807) is 32.2 Å². The number of benzene rings is 3. The third-order valence-corrected chi connectivity index (χ3v) is 7.75. The van der Waals surface area contributed by atoms with Crippen LogP contribution in [0, 0.1) is 5.92 Å². The van der Waals surface area contributed by atoms with Crippen LogP contribution < -0.4 is 14.2 Å². The quantitative estimate of drug-likeness (QED) is 0.245. The van der Waals surface area contributed by atoms with Crippen LogP contribution in [0.4, 0.5) is 0 Å².